The van der Waals surface area contributed by atoms with Crippen LogP contribution in [-0.4, -0.2) is 4.98 Å². The van der Waals surface area contributed by atoms with E-state index in [9.17, 15) is 5.26 Å². The average molecular weight is 194 g/mol. The summed E-state index contributed by atoms with van der Waals surface area (Å²) in [6, 6.07) is 12.4. The van der Waals surface area contributed by atoms with Crippen LogP contribution in [0.25, 0.3) is 10.9 Å². The maximum Gasteiger partial charge on any atom is 0.0830 e. The maximum absolute atomic E-state index is 9.20. The minimum absolute atomic E-state index is 0.220. The molecule has 2 heteroatoms. The fourth-order valence-electron chi connectivity index (χ4n) is 2.08. The minimum Gasteiger partial charge on any atom is -0.256 e. The Kier molecular flexibility index (Phi) is 1.58. The van der Waals surface area contributed by atoms with Gasteiger partial charge in [-0.05, 0) is 30.5 Å². The van der Waals surface area contributed by atoms with Crippen molar-refractivity contribution in [3.8, 4) is 6.07 Å². The standard InChI is InChI=1S/C13H10N2/c14-9-13(6-7-13)11-5-8-15-12-4-2-1-3-10(11)12/h1-5,8H,6-7H2. The van der Waals surface area contributed by atoms with Gasteiger partial charge in [-0.3, -0.25) is 4.98 Å². The quantitative estimate of drug-likeness (QED) is 0.699. The summed E-state index contributed by atoms with van der Waals surface area (Å²) >= 11 is 0. The van der Waals surface area contributed by atoms with Crippen molar-refractivity contribution in [2.75, 3.05) is 0 Å². The van der Waals surface area contributed by atoms with Crippen LogP contribution in [-0.2, 0) is 5.41 Å². The largest absolute Gasteiger partial charge is 0.256 e. The Morgan fingerprint density at radius 2 is 2.00 bits per heavy atom. The zero-order valence-electron chi connectivity index (χ0n) is 8.27. The van der Waals surface area contributed by atoms with Gasteiger partial charge in [-0.2, -0.15) is 5.26 Å². The summed E-state index contributed by atoms with van der Waals surface area (Å²) in [7, 11) is 0. The third-order valence-electron chi connectivity index (χ3n) is 3.13. The van der Waals surface area contributed by atoms with Crippen LogP contribution in [0.4, 0.5) is 0 Å². The molecule has 1 heterocycles. The molecule has 0 unspecified atom stereocenters. The molecule has 15 heavy (non-hydrogen) atoms. The van der Waals surface area contributed by atoms with Crippen molar-refractivity contribution in [1.29, 1.82) is 5.26 Å². The van der Waals surface area contributed by atoms with E-state index >= 15 is 0 Å². The second-order valence-electron chi connectivity index (χ2n) is 4.07. The topological polar surface area (TPSA) is 36.7 Å². The maximum atomic E-state index is 9.20. The van der Waals surface area contributed by atoms with Gasteiger partial charge in [-0.15, -0.1) is 0 Å². The summed E-state index contributed by atoms with van der Waals surface area (Å²) in [6.07, 6.45) is 3.77. The molecule has 1 saturated carbocycles. The third-order valence-corrected chi connectivity index (χ3v) is 3.13. The van der Waals surface area contributed by atoms with E-state index in [0.29, 0.717) is 0 Å². The molecule has 1 aromatic heterocycles. The third kappa shape index (κ3) is 1.13. The first-order valence-electron chi connectivity index (χ1n) is 5.11. The molecular formula is C13H10N2. The molecule has 1 aliphatic rings. The predicted octanol–water partition coefficient (Wildman–Crippen LogP) is 2.79. The van der Waals surface area contributed by atoms with Crippen molar-refractivity contribution < 1.29 is 0 Å². The number of nitrogens with zero attached hydrogens (tertiary/aromatic N) is 2. The van der Waals surface area contributed by atoms with Gasteiger partial charge in [0.25, 0.3) is 0 Å². The Balaban J connectivity index is 2.33. The monoisotopic (exact) mass is 194 g/mol. The van der Waals surface area contributed by atoms with Gasteiger partial charge in [0.2, 0.25) is 0 Å². The number of benzene rings is 1. The number of nitriles is 1. The first-order chi connectivity index (χ1) is 7.36. The summed E-state index contributed by atoms with van der Waals surface area (Å²) in [4.78, 5) is 4.31. The predicted molar refractivity (Wildman–Crippen MR) is 58.3 cm³/mol. The summed E-state index contributed by atoms with van der Waals surface area (Å²) in [5.74, 6) is 0. The lowest BCUT2D eigenvalue weighted by Crippen LogP contribution is -2.03. The first kappa shape index (κ1) is 8.43. The van der Waals surface area contributed by atoms with E-state index in [4.69, 9.17) is 0 Å². The lowest BCUT2D eigenvalue weighted by molar-refractivity contribution is 0.917. The highest BCUT2D eigenvalue weighted by Crippen LogP contribution is 2.49. The van der Waals surface area contributed by atoms with Crippen molar-refractivity contribution >= 4 is 10.9 Å². The fourth-order valence-corrected chi connectivity index (χ4v) is 2.08. The van der Waals surface area contributed by atoms with E-state index in [1.54, 1.807) is 6.20 Å². The Morgan fingerprint density at radius 1 is 1.20 bits per heavy atom. The van der Waals surface area contributed by atoms with Crippen molar-refractivity contribution in [2.45, 2.75) is 18.3 Å². The molecule has 1 aliphatic carbocycles. The highest BCUT2D eigenvalue weighted by Gasteiger charge is 2.45. The van der Waals surface area contributed by atoms with Gasteiger partial charge in [0, 0.05) is 11.6 Å². The van der Waals surface area contributed by atoms with Crippen molar-refractivity contribution in [1.82, 2.24) is 4.98 Å². The van der Waals surface area contributed by atoms with E-state index in [1.807, 2.05) is 24.3 Å². The van der Waals surface area contributed by atoms with Crippen LogP contribution in [0.5, 0.6) is 0 Å². The van der Waals surface area contributed by atoms with Gasteiger partial charge >= 0.3 is 0 Å². The second kappa shape index (κ2) is 2.80. The molecule has 0 saturated heterocycles. The zero-order chi connectivity index (χ0) is 10.3. The first-order valence-corrected chi connectivity index (χ1v) is 5.11. The molecule has 2 aromatic rings. The van der Waals surface area contributed by atoms with Gasteiger partial charge in [0.1, 0.15) is 0 Å². The SMILES string of the molecule is N#CC1(c2ccnc3ccccc23)CC1. The lowest BCUT2D eigenvalue weighted by atomic mass is 9.94. The Hall–Kier alpha value is -1.88. The van der Waals surface area contributed by atoms with E-state index < -0.39 is 0 Å². The number of para-hydroxylation sites is 1. The van der Waals surface area contributed by atoms with Gasteiger partial charge in [-0.25, -0.2) is 0 Å². The fraction of sp³-hybridized carbons (Fsp3) is 0.231. The van der Waals surface area contributed by atoms with Crippen molar-refractivity contribution in [3.05, 3.63) is 42.1 Å². The Labute approximate surface area is 88.2 Å². The molecular weight excluding hydrogens is 184 g/mol. The van der Waals surface area contributed by atoms with Crippen molar-refractivity contribution in [2.24, 2.45) is 0 Å². The molecule has 0 N–H and O–H groups in total. The van der Waals surface area contributed by atoms with Crippen LogP contribution in [0, 0.1) is 11.3 Å². The summed E-state index contributed by atoms with van der Waals surface area (Å²) in [5, 5.41) is 10.3. The normalized spacial score (nSPS) is 17.3. The van der Waals surface area contributed by atoms with Crippen LogP contribution in [0.3, 0.4) is 0 Å². The molecule has 0 amide bonds. The van der Waals surface area contributed by atoms with Gasteiger partial charge in [0.15, 0.2) is 0 Å². The van der Waals surface area contributed by atoms with Crippen LogP contribution in [0.2, 0.25) is 0 Å². The molecule has 1 fully saturated rings. The van der Waals surface area contributed by atoms with Crippen LogP contribution >= 0.6 is 0 Å². The van der Waals surface area contributed by atoms with E-state index in [-0.39, 0.29) is 5.41 Å². The Bertz CT molecular complexity index is 557. The number of hydrogen-bond acceptors (Lipinski definition) is 2. The average Bonchev–Trinajstić information content (AvgIpc) is 3.09. The minimum atomic E-state index is -0.220. The lowest BCUT2D eigenvalue weighted by Gasteiger charge is -2.09. The number of pyridine rings is 1. The molecule has 0 spiro atoms. The van der Waals surface area contributed by atoms with Crippen LogP contribution < -0.4 is 0 Å². The number of hydrogen-bond donors (Lipinski definition) is 0. The van der Waals surface area contributed by atoms with Gasteiger partial charge in [0.05, 0.1) is 17.0 Å². The molecule has 72 valence electrons. The second-order valence-corrected chi connectivity index (χ2v) is 4.07. The van der Waals surface area contributed by atoms with Crippen molar-refractivity contribution in [3.63, 3.8) is 0 Å². The Morgan fingerprint density at radius 3 is 2.73 bits per heavy atom. The highest BCUT2D eigenvalue weighted by molar-refractivity contribution is 5.84. The summed E-state index contributed by atoms with van der Waals surface area (Å²) in [5.41, 5.74) is 1.91. The highest BCUT2D eigenvalue weighted by atomic mass is 14.7. The number of aromatic nitrogens is 1. The molecule has 2 nitrogen and oxygen atoms in total. The van der Waals surface area contributed by atoms with Crippen LogP contribution in [0.15, 0.2) is 36.5 Å². The molecule has 0 radical (unpaired) electrons. The number of fused-ring (bicyclic) bond motifs is 1. The molecule has 1 aromatic carbocycles. The van der Waals surface area contributed by atoms with E-state index in [2.05, 4.69) is 17.1 Å². The summed E-state index contributed by atoms with van der Waals surface area (Å²) in [6.45, 7) is 0. The van der Waals surface area contributed by atoms with Gasteiger partial charge < -0.3 is 0 Å². The number of rotatable bonds is 1. The smallest absolute Gasteiger partial charge is 0.0830 e. The molecule has 0 atom stereocenters. The zero-order valence-corrected chi connectivity index (χ0v) is 8.27. The summed E-state index contributed by atoms with van der Waals surface area (Å²) < 4.78 is 0. The van der Waals surface area contributed by atoms with Gasteiger partial charge in [-0.1, -0.05) is 18.2 Å². The van der Waals surface area contributed by atoms with E-state index in [1.165, 1.54) is 0 Å². The van der Waals surface area contributed by atoms with Crippen LogP contribution in [0.1, 0.15) is 18.4 Å². The molecule has 0 aliphatic heterocycles. The van der Waals surface area contributed by atoms with E-state index in [0.717, 1.165) is 29.3 Å². The molecule has 0 bridgehead atoms. The molecule has 3 rings (SSSR count).